The third kappa shape index (κ3) is 1.74. The minimum Gasteiger partial charge on any atom is -0.364 e. The van der Waals surface area contributed by atoms with Crippen molar-refractivity contribution >= 4 is 0 Å². The molecule has 88 valence electrons. The van der Waals surface area contributed by atoms with E-state index in [1.54, 1.807) is 12.3 Å². The summed E-state index contributed by atoms with van der Waals surface area (Å²) in [4.78, 5) is 4.32. The average molecular weight is 232 g/mol. The summed E-state index contributed by atoms with van der Waals surface area (Å²) < 4.78 is 20.9. The van der Waals surface area contributed by atoms with Gasteiger partial charge in [-0.1, -0.05) is 6.07 Å². The Balaban J connectivity index is 2.06. The van der Waals surface area contributed by atoms with Crippen molar-refractivity contribution in [2.45, 2.75) is 19.6 Å². The Morgan fingerprint density at radius 1 is 1.47 bits per heavy atom. The number of aryl methyl sites for hydroxylation is 1. The Hall–Kier alpha value is -1.68. The van der Waals surface area contributed by atoms with Crippen LogP contribution in [0.5, 0.6) is 0 Å². The Labute approximate surface area is 98.9 Å². The molecule has 1 atom stereocenters. The number of nitrogens with zero attached hydrogens (tertiary/aromatic N) is 2. The molecule has 3 rings (SSSR count). The lowest BCUT2D eigenvalue weighted by molar-refractivity contribution is 0.0426. The fourth-order valence-corrected chi connectivity index (χ4v) is 2.25. The van der Waals surface area contributed by atoms with E-state index in [2.05, 4.69) is 9.55 Å². The molecule has 1 aliphatic rings. The van der Waals surface area contributed by atoms with Crippen molar-refractivity contribution in [2.24, 2.45) is 0 Å². The van der Waals surface area contributed by atoms with Crippen molar-refractivity contribution in [3.05, 3.63) is 53.4 Å². The highest BCUT2D eigenvalue weighted by atomic mass is 19.1. The van der Waals surface area contributed by atoms with E-state index in [1.807, 2.05) is 13.1 Å². The van der Waals surface area contributed by atoms with Crippen LogP contribution in [0.4, 0.5) is 4.39 Å². The molecule has 4 heteroatoms. The van der Waals surface area contributed by atoms with Gasteiger partial charge in [-0.25, -0.2) is 9.37 Å². The maximum absolute atomic E-state index is 13.1. The molecule has 0 radical (unpaired) electrons. The zero-order valence-corrected chi connectivity index (χ0v) is 9.56. The Morgan fingerprint density at radius 2 is 2.35 bits per heavy atom. The molecule has 0 amide bonds. The molecule has 1 aliphatic heterocycles. The third-order valence-corrected chi connectivity index (χ3v) is 3.11. The van der Waals surface area contributed by atoms with E-state index in [0.29, 0.717) is 6.61 Å². The second kappa shape index (κ2) is 3.96. The molecule has 1 unspecified atom stereocenters. The SMILES string of the molecule is Cc1cc(F)ccc1C1OCCn2ccnc21. The largest absolute Gasteiger partial charge is 0.364 e. The Morgan fingerprint density at radius 3 is 3.18 bits per heavy atom. The monoisotopic (exact) mass is 232 g/mol. The van der Waals surface area contributed by atoms with E-state index in [-0.39, 0.29) is 11.9 Å². The van der Waals surface area contributed by atoms with Crippen LogP contribution in [-0.4, -0.2) is 16.2 Å². The van der Waals surface area contributed by atoms with Gasteiger partial charge < -0.3 is 9.30 Å². The molecule has 0 spiro atoms. The van der Waals surface area contributed by atoms with Gasteiger partial charge in [0, 0.05) is 18.9 Å². The minimum absolute atomic E-state index is 0.181. The Kier molecular flexibility index (Phi) is 2.44. The van der Waals surface area contributed by atoms with Crippen LogP contribution in [0, 0.1) is 12.7 Å². The van der Waals surface area contributed by atoms with Gasteiger partial charge in [0.15, 0.2) is 0 Å². The van der Waals surface area contributed by atoms with Gasteiger partial charge in [-0.3, -0.25) is 0 Å². The standard InChI is InChI=1S/C13H13FN2O/c1-9-8-10(14)2-3-11(9)12-13-15-4-5-16(13)6-7-17-12/h2-5,8,12H,6-7H2,1H3. The van der Waals surface area contributed by atoms with Gasteiger partial charge in [0.1, 0.15) is 17.7 Å². The first-order valence-corrected chi connectivity index (χ1v) is 5.64. The van der Waals surface area contributed by atoms with E-state index < -0.39 is 0 Å². The first-order valence-electron chi connectivity index (χ1n) is 5.64. The van der Waals surface area contributed by atoms with Gasteiger partial charge >= 0.3 is 0 Å². The van der Waals surface area contributed by atoms with Crippen molar-refractivity contribution in [3.63, 3.8) is 0 Å². The molecular weight excluding hydrogens is 219 g/mol. The molecule has 0 fully saturated rings. The smallest absolute Gasteiger partial charge is 0.142 e. The number of hydrogen-bond acceptors (Lipinski definition) is 2. The summed E-state index contributed by atoms with van der Waals surface area (Å²) in [7, 11) is 0. The summed E-state index contributed by atoms with van der Waals surface area (Å²) >= 11 is 0. The van der Waals surface area contributed by atoms with Crippen molar-refractivity contribution in [1.29, 1.82) is 0 Å². The van der Waals surface area contributed by atoms with Crippen molar-refractivity contribution in [3.8, 4) is 0 Å². The molecule has 0 saturated carbocycles. The number of fused-ring (bicyclic) bond motifs is 1. The summed E-state index contributed by atoms with van der Waals surface area (Å²) in [5.41, 5.74) is 1.88. The zero-order chi connectivity index (χ0) is 11.8. The number of benzene rings is 1. The number of imidazole rings is 1. The zero-order valence-electron chi connectivity index (χ0n) is 9.56. The minimum atomic E-state index is -0.217. The van der Waals surface area contributed by atoms with Crippen LogP contribution >= 0.6 is 0 Å². The molecular formula is C13H13FN2O. The van der Waals surface area contributed by atoms with Gasteiger partial charge in [0.25, 0.3) is 0 Å². The molecule has 0 saturated heterocycles. The lowest BCUT2D eigenvalue weighted by atomic mass is 10.0. The highest BCUT2D eigenvalue weighted by Crippen LogP contribution is 2.30. The highest BCUT2D eigenvalue weighted by Gasteiger charge is 2.25. The normalized spacial score (nSPS) is 19.1. The summed E-state index contributed by atoms with van der Waals surface area (Å²) in [6, 6.07) is 4.77. The average Bonchev–Trinajstić information content (AvgIpc) is 2.77. The maximum atomic E-state index is 13.1. The summed E-state index contributed by atoms with van der Waals surface area (Å²) in [5, 5.41) is 0. The summed E-state index contributed by atoms with van der Waals surface area (Å²) in [6.45, 7) is 3.38. The van der Waals surface area contributed by atoms with Crippen LogP contribution in [0.1, 0.15) is 23.1 Å². The first kappa shape index (κ1) is 10.5. The number of hydrogen-bond donors (Lipinski definition) is 0. The molecule has 0 aliphatic carbocycles. The van der Waals surface area contributed by atoms with Crippen molar-refractivity contribution in [1.82, 2.24) is 9.55 Å². The second-order valence-corrected chi connectivity index (χ2v) is 4.23. The van der Waals surface area contributed by atoms with Gasteiger partial charge in [-0.2, -0.15) is 0 Å². The molecule has 3 nitrogen and oxygen atoms in total. The van der Waals surface area contributed by atoms with Crippen LogP contribution in [-0.2, 0) is 11.3 Å². The second-order valence-electron chi connectivity index (χ2n) is 4.23. The van der Waals surface area contributed by atoms with Gasteiger partial charge in [-0.15, -0.1) is 0 Å². The van der Waals surface area contributed by atoms with Crippen LogP contribution in [0.15, 0.2) is 30.6 Å². The van der Waals surface area contributed by atoms with Gasteiger partial charge in [0.2, 0.25) is 0 Å². The first-order chi connectivity index (χ1) is 8.25. The van der Waals surface area contributed by atoms with Crippen molar-refractivity contribution < 1.29 is 9.13 Å². The summed E-state index contributed by atoms with van der Waals surface area (Å²) in [5.74, 6) is 0.677. The van der Waals surface area contributed by atoms with Gasteiger partial charge in [0.05, 0.1) is 6.61 Å². The quantitative estimate of drug-likeness (QED) is 0.755. The number of aromatic nitrogens is 2. The molecule has 17 heavy (non-hydrogen) atoms. The predicted octanol–water partition coefficient (Wildman–Crippen LogP) is 2.45. The number of rotatable bonds is 1. The molecule has 2 aromatic rings. The third-order valence-electron chi connectivity index (χ3n) is 3.11. The van der Waals surface area contributed by atoms with E-state index >= 15 is 0 Å². The fraction of sp³-hybridized carbons (Fsp3) is 0.308. The van der Waals surface area contributed by atoms with Crippen LogP contribution < -0.4 is 0 Å². The topological polar surface area (TPSA) is 27.1 Å². The van der Waals surface area contributed by atoms with Crippen molar-refractivity contribution in [2.75, 3.05) is 6.61 Å². The number of halogens is 1. The molecule has 1 aromatic carbocycles. The lowest BCUT2D eigenvalue weighted by Gasteiger charge is -2.25. The fourth-order valence-electron chi connectivity index (χ4n) is 2.25. The van der Waals surface area contributed by atoms with E-state index in [0.717, 1.165) is 23.5 Å². The lowest BCUT2D eigenvalue weighted by Crippen LogP contribution is -2.23. The predicted molar refractivity (Wildman–Crippen MR) is 61.2 cm³/mol. The maximum Gasteiger partial charge on any atom is 0.142 e. The number of ether oxygens (including phenoxy) is 1. The van der Waals surface area contributed by atoms with E-state index in [9.17, 15) is 4.39 Å². The Bertz CT molecular complexity index is 550. The molecule has 2 heterocycles. The summed E-state index contributed by atoms with van der Waals surface area (Å²) in [6.07, 6.45) is 3.54. The molecule has 0 bridgehead atoms. The van der Waals surface area contributed by atoms with Crippen LogP contribution in [0.3, 0.4) is 0 Å². The molecule has 1 aromatic heterocycles. The van der Waals surface area contributed by atoms with E-state index in [1.165, 1.54) is 12.1 Å². The van der Waals surface area contributed by atoms with Crippen LogP contribution in [0.2, 0.25) is 0 Å². The highest BCUT2D eigenvalue weighted by molar-refractivity contribution is 5.32. The van der Waals surface area contributed by atoms with Crippen LogP contribution in [0.25, 0.3) is 0 Å². The van der Waals surface area contributed by atoms with Gasteiger partial charge in [-0.05, 0) is 30.2 Å². The van der Waals surface area contributed by atoms with E-state index in [4.69, 9.17) is 4.74 Å². The molecule has 0 N–H and O–H groups in total.